The number of morpholine rings is 1. The highest BCUT2D eigenvalue weighted by Gasteiger charge is 2.17. The van der Waals surface area contributed by atoms with Gasteiger partial charge in [0.25, 0.3) is 0 Å². The normalized spacial score (nSPS) is 15.2. The second kappa shape index (κ2) is 5.67. The van der Waals surface area contributed by atoms with Crippen molar-refractivity contribution < 1.29 is 14.3 Å². The smallest absolute Gasteiger partial charge is 0.204 e. The molecule has 3 heterocycles. The van der Waals surface area contributed by atoms with Crippen LogP contribution in [0.3, 0.4) is 0 Å². The Bertz CT molecular complexity index is 731. The molecule has 0 bridgehead atoms. The highest BCUT2D eigenvalue weighted by Crippen LogP contribution is 2.27. The SMILES string of the molecule is O=c1cc(N2CCOCC2)oc2c(C#CCO)csc12. The van der Waals surface area contributed by atoms with Crippen molar-refractivity contribution in [1.82, 2.24) is 0 Å². The number of aliphatic hydroxyl groups excluding tert-OH is 1. The van der Waals surface area contributed by atoms with Crippen LogP contribution in [0.15, 0.2) is 20.7 Å². The molecule has 1 aliphatic rings. The van der Waals surface area contributed by atoms with E-state index in [1.807, 2.05) is 4.90 Å². The van der Waals surface area contributed by atoms with Crippen LogP contribution in [0.1, 0.15) is 5.56 Å². The van der Waals surface area contributed by atoms with E-state index >= 15 is 0 Å². The van der Waals surface area contributed by atoms with Crippen LogP contribution in [0.25, 0.3) is 10.3 Å². The number of thiophene rings is 1. The molecule has 1 saturated heterocycles. The monoisotopic (exact) mass is 291 g/mol. The molecule has 20 heavy (non-hydrogen) atoms. The maximum absolute atomic E-state index is 12.1. The van der Waals surface area contributed by atoms with Crippen LogP contribution in [0, 0.1) is 11.8 Å². The first kappa shape index (κ1) is 13.2. The van der Waals surface area contributed by atoms with Crippen molar-refractivity contribution >= 4 is 27.5 Å². The Morgan fingerprint density at radius 3 is 2.95 bits per heavy atom. The molecule has 5 nitrogen and oxygen atoms in total. The lowest BCUT2D eigenvalue weighted by Crippen LogP contribution is -2.36. The minimum absolute atomic E-state index is 0.0604. The Labute approximate surface area is 119 Å². The van der Waals surface area contributed by atoms with Gasteiger partial charge >= 0.3 is 0 Å². The molecule has 0 saturated carbocycles. The molecular weight excluding hydrogens is 278 g/mol. The van der Waals surface area contributed by atoms with Gasteiger partial charge in [-0.05, 0) is 0 Å². The van der Waals surface area contributed by atoms with E-state index in [0.717, 1.165) is 0 Å². The summed E-state index contributed by atoms with van der Waals surface area (Å²) in [5, 5.41) is 10.5. The average Bonchev–Trinajstić information content (AvgIpc) is 2.89. The third-order valence-electron chi connectivity index (χ3n) is 3.06. The van der Waals surface area contributed by atoms with Crippen LogP contribution in [-0.4, -0.2) is 38.0 Å². The van der Waals surface area contributed by atoms with E-state index in [9.17, 15) is 4.79 Å². The number of hydrogen-bond donors (Lipinski definition) is 1. The Hall–Kier alpha value is -1.81. The summed E-state index contributed by atoms with van der Waals surface area (Å²) in [4.78, 5) is 14.1. The van der Waals surface area contributed by atoms with Gasteiger partial charge in [0, 0.05) is 24.5 Å². The first-order valence-corrected chi connectivity index (χ1v) is 7.15. The first-order valence-electron chi connectivity index (χ1n) is 6.27. The van der Waals surface area contributed by atoms with Crippen LogP contribution in [0.5, 0.6) is 0 Å². The predicted octanol–water partition coefficient (Wildman–Crippen LogP) is 1.03. The average molecular weight is 291 g/mol. The van der Waals surface area contributed by atoms with Gasteiger partial charge in [0.1, 0.15) is 11.3 Å². The van der Waals surface area contributed by atoms with Gasteiger partial charge in [-0.2, -0.15) is 0 Å². The molecule has 2 aromatic heterocycles. The minimum atomic E-state index is -0.218. The maximum atomic E-state index is 12.1. The molecule has 1 aliphatic heterocycles. The van der Waals surface area contributed by atoms with Crippen molar-refractivity contribution in [1.29, 1.82) is 0 Å². The summed E-state index contributed by atoms with van der Waals surface area (Å²) in [5.41, 5.74) is 1.09. The van der Waals surface area contributed by atoms with Crippen molar-refractivity contribution in [3.05, 3.63) is 27.2 Å². The molecule has 6 heteroatoms. The van der Waals surface area contributed by atoms with Crippen molar-refractivity contribution in [3.8, 4) is 11.8 Å². The van der Waals surface area contributed by atoms with Gasteiger partial charge in [0.2, 0.25) is 5.43 Å². The van der Waals surface area contributed by atoms with Crippen LogP contribution in [0.2, 0.25) is 0 Å². The van der Waals surface area contributed by atoms with E-state index in [0.29, 0.717) is 48.0 Å². The molecule has 2 aromatic rings. The highest BCUT2D eigenvalue weighted by molar-refractivity contribution is 7.17. The van der Waals surface area contributed by atoms with E-state index < -0.39 is 0 Å². The molecule has 0 unspecified atom stereocenters. The molecule has 0 aromatic carbocycles. The third kappa shape index (κ3) is 2.43. The van der Waals surface area contributed by atoms with Crippen molar-refractivity contribution in [2.75, 3.05) is 37.8 Å². The number of rotatable bonds is 1. The summed E-state index contributed by atoms with van der Waals surface area (Å²) in [5.74, 6) is 5.94. The van der Waals surface area contributed by atoms with Gasteiger partial charge in [-0.1, -0.05) is 11.8 Å². The van der Waals surface area contributed by atoms with E-state index in [1.165, 1.54) is 17.4 Å². The maximum Gasteiger partial charge on any atom is 0.204 e. The van der Waals surface area contributed by atoms with Crippen molar-refractivity contribution in [2.24, 2.45) is 0 Å². The van der Waals surface area contributed by atoms with E-state index in [4.69, 9.17) is 14.3 Å². The molecule has 0 amide bonds. The van der Waals surface area contributed by atoms with E-state index in [1.54, 1.807) is 5.38 Å². The topological polar surface area (TPSA) is 62.9 Å². The summed E-state index contributed by atoms with van der Waals surface area (Å²) in [6, 6.07) is 1.52. The summed E-state index contributed by atoms with van der Waals surface area (Å²) >= 11 is 1.31. The van der Waals surface area contributed by atoms with Crippen molar-refractivity contribution in [3.63, 3.8) is 0 Å². The van der Waals surface area contributed by atoms with E-state index in [-0.39, 0.29) is 12.0 Å². The lowest BCUT2D eigenvalue weighted by Gasteiger charge is -2.26. The number of fused-ring (bicyclic) bond motifs is 1. The van der Waals surface area contributed by atoms with Crippen LogP contribution < -0.4 is 10.3 Å². The number of aliphatic hydroxyl groups is 1. The molecule has 104 valence electrons. The fourth-order valence-corrected chi connectivity index (χ4v) is 2.93. The second-order valence-electron chi connectivity index (χ2n) is 4.32. The number of ether oxygens (including phenoxy) is 1. The Morgan fingerprint density at radius 2 is 2.20 bits per heavy atom. The molecule has 1 fully saturated rings. The van der Waals surface area contributed by atoms with Gasteiger partial charge in [-0.15, -0.1) is 11.3 Å². The minimum Gasteiger partial charge on any atom is -0.438 e. The second-order valence-corrected chi connectivity index (χ2v) is 5.20. The van der Waals surface area contributed by atoms with Crippen LogP contribution in [-0.2, 0) is 4.74 Å². The highest BCUT2D eigenvalue weighted by atomic mass is 32.1. The summed E-state index contributed by atoms with van der Waals surface area (Å²) < 4.78 is 11.7. The number of anilines is 1. The number of hydrogen-bond acceptors (Lipinski definition) is 6. The zero-order valence-corrected chi connectivity index (χ0v) is 11.5. The van der Waals surface area contributed by atoms with Crippen molar-refractivity contribution in [2.45, 2.75) is 0 Å². The zero-order chi connectivity index (χ0) is 13.9. The fourth-order valence-electron chi connectivity index (χ4n) is 2.09. The molecule has 3 rings (SSSR count). The largest absolute Gasteiger partial charge is 0.438 e. The van der Waals surface area contributed by atoms with Gasteiger partial charge in [-0.3, -0.25) is 4.79 Å². The van der Waals surface area contributed by atoms with Gasteiger partial charge < -0.3 is 19.2 Å². The molecule has 0 aliphatic carbocycles. The van der Waals surface area contributed by atoms with Gasteiger partial charge in [0.15, 0.2) is 11.5 Å². The van der Waals surface area contributed by atoms with Crippen LogP contribution in [0.4, 0.5) is 5.88 Å². The molecule has 0 radical (unpaired) electrons. The number of nitrogens with zero attached hydrogens (tertiary/aromatic N) is 1. The lowest BCUT2D eigenvalue weighted by molar-refractivity contribution is 0.121. The first-order chi connectivity index (χ1) is 9.79. The zero-order valence-electron chi connectivity index (χ0n) is 10.7. The predicted molar refractivity (Wildman–Crippen MR) is 77.4 cm³/mol. The quantitative estimate of drug-likeness (QED) is 0.795. The van der Waals surface area contributed by atoms with E-state index in [2.05, 4.69) is 11.8 Å². The Kier molecular flexibility index (Phi) is 3.74. The Balaban J connectivity index is 2.08. The fraction of sp³-hybridized carbons (Fsp3) is 0.357. The standard InChI is InChI=1S/C14H13NO4S/c16-5-1-2-10-9-20-14-11(17)8-12(19-13(10)14)15-3-6-18-7-4-15/h8-9,16H,3-7H2. The molecule has 0 spiro atoms. The molecule has 0 atom stereocenters. The summed E-state index contributed by atoms with van der Waals surface area (Å²) in [6.07, 6.45) is 0. The summed E-state index contributed by atoms with van der Waals surface area (Å²) in [7, 11) is 0. The van der Waals surface area contributed by atoms with Crippen LogP contribution >= 0.6 is 11.3 Å². The lowest BCUT2D eigenvalue weighted by atomic mass is 10.3. The van der Waals surface area contributed by atoms with Gasteiger partial charge in [-0.25, -0.2) is 0 Å². The van der Waals surface area contributed by atoms with Gasteiger partial charge in [0.05, 0.1) is 18.8 Å². The Morgan fingerprint density at radius 1 is 1.40 bits per heavy atom. The summed E-state index contributed by atoms with van der Waals surface area (Å²) in [6.45, 7) is 2.45. The molecular formula is C14H13NO4S. The molecule has 1 N–H and O–H groups in total. The third-order valence-corrected chi connectivity index (χ3v) is 4.03.